The van der Waals surface area contributed by atoms with Crippen LogP contribution in [0.5, 0.6) is 0 Å². The highest BCUT2D eigenvalue weighted by Gasteiger charge is 2.17. The highest BCUT2D eigenvalue weighted by Crippen LogP contribution is 2.30. The number of hydrogen-bond acceptors (Lipinski definition) is 6. The number of thioether (sulfide) groups is 1. The molecule has 138 valence electrons. The molecule has 0 aliphatic carbocycles. The fourth-order valence-corrected chi connectivity index (χ4v) is 4.26. The molecular formula is C19H14BrN7S. The van der Waals surface area contributed by atoms with Crippen molar-refractivity contribution in [1.82, 2.24) is 24.5 Å². The lowest BCUT2D eigenvalue weighted by atomic mass is 10.0. The van der Waals surface area contributed by atoms with Gasteiger partial charge in [0.25, 0.3) is 5.78 Å². The number of halogens is 1. The van der Waals surface area contributed by atoms with Crippen molar-refractivity contribution in [3.8, 4) is 0 Å². The lowest BCUT2D eigenvalue weighted by molar-refractivity contribution is 0.815. The third-order valence-corrected chi connectivity index (χ3v) is 5.84. The van der Waals surface area contributed by atoms with E-state index in [0.717, 1.165) is 26.6 Å². The van der Waals surface area contributed by atoms with Crippen LogP contribution < -0.4 is 0 Å². The van der Waals surface area contributed by atoms with Crippen LogP contribution in [0.15, 0.2) is 74.6 Å². The van der Waals surface area contributed by atoms with E-state index in [2.05, 4.69) is 59.5 Å². The quantitative estimate of drug-likeness (QED) is 0.334. The van der Waals surface area contributed by atoms with Crippen molar-refractivity contribution in [2.24, 2.45) is 10.1 Å². The van der Waals surface area contributed by atoms with Gasteiger partial charge in [-0.15, -0.1) is 10.2 Å². The summed E-state index contributed by atoms with van der Waals surface area (Å²) in [5.41, 5.74) is 3.34. The zero-order valence-corrected chi connectivity index (χ0v) is 17.0. The molecule has 0 N–H and O–H groups in total. The molecule has 4 aromatic rings. The smallest absolute Gasteiger partial charge is 0.260 e. The van der Waals surface area contributed by atoms with Crippen LogP contribution in [-0.2, 0) is 5.75 Å². The predicted octanol–water partition coefficient (Wildman–Crippen LogP) is 4.31. The van der Waals surface area contributed by atoms with Gasteiger partial charge in [0, 0.05) is 22.7 Å². The summed E-state index contributed by atoms with van der Waals surface area (Å²) in [6.45, 7) is 0. The SMILES string of the molecule is Brc1cccc(CSc2nnc3n(/N=C\[C@H]4C=Nc5ccccc54)cnn23)c1. The minimum atomic E-state index is 0.0481. The lowest BCUT2D eigenvalue weighted by Gasteiger charge is -2.02. The molecule has 1 atom stereocenters. The molecule has 0 spiro atoms. The van der Waals surface area contributed by atoms with Gasteiger partial charge in [-0.25, -0.2) is 0 Å². The minimum absolute atomic E-state index is 0.0481. The molecule has 0 radical (unpaired) electrons. The molecule has 0 bridgehead atoms. The molecule has 9 heteroatoms. The molecule has 0 amide bonds. The summed E-state index contributed by atoms with van der Waals surface area (Å²) in [7, 11) is 0. The average Bonchev–Trinajstić information content (AvgIpc) is 3.41. The van der Waals surface area contributed by atoms with Crippen molar-refractivity contribution in [1.29, 1.82) is 0 Å². The molecule has 2 aromatic heterocycles. The molecule has 2 aromatic carbocycles. The van der Waals surface area contributed by atoms with Crippen LogP contribution in [0.2, 0.25) is 0 Å². The van der Waals surface area contributed by atoms with Crippen LogP contribution in [0.4, 0.5) is 5.69 Å². The number of benzene rings is 2. The number of fused-ring (bicyclic) bond motifs is 2. The maximum Gasteiger partial charge on any atom is 0.275 e. The Bertz CT molecular complexity index is 1210. The van der Waals surface area contributed by atoms with Crippen LogP contribution in [0, 0.1) is 0 Å². The Kier molecular flexibility index (Phi) is 4.53. The first-order valence-electron chi connectivity index (χ1n) is 8.61. The van der Waals surface area contributed by atoms with Gasteiger partial charge in [0.15, 0.2) is 0 Å². The largest absolute Gasteiger partial charge is 0.275 e. The maximum atomic E-state index is 4.52. The fraction of sp³-hybridized carbons (Fsp3) is 0.105. The summed E-state index contributed by atoms with van der Waals surface area (Å²) in [6, 6.07) is 16.3. The average molecular weight is 452 g/mol. The molecule has 28 heavy (non-hydrogen) atoms. The second-order valence-electron chi connectivity index (χ2n) is 6.22. The first kappa shape index (κ1) is 17.3. The van der Waals surface area contributed by atoms with E-state index in [0.29, 0.717) is 5.78 Å². The van der Waals surface area contributed by atoms with Crippen molar-refractivity contribution in [2.75, 3.05) is 0 Å². The van der Waals surface area contributed by atoms with E-state index in [1.165, 1.54) is 5.56 Å². The lowest BCUT2D eigenvalue weighted by Crippen LogP contribution is -1.99. The number of para-hydroxylation sites is 1. The first-order chi connectivity index (χ1) is 13.8. The van der Waals surface area contributed by atoms with Crippen LogP contribution in [0.3, 0.4) is 0 Å². The van der Waals surface area contributed by atoms with Gasteiger partial charge < -0.3 is 0 Å². The topological polar surface area (TPSA) is 72.7 Å². The Balaban J connectivity index is 1.34. The van der Waals surface area contributed by atoms with Crippen molar-refractivity contribution in [3.05, 3.63) is 70.5 Å². The van der Waals surface area contributed by atoms with Crippen molar-refractivity contribution < 1.29 is 0 Å². The third kappa shape index (κ3) is 3.27. The van der Waals surface area contributed by atoms with E-state index in [4.69, 9.17) is 0 Å². The van der Waals surface area contributed by atoms with Crippen LogP contribution in [-0.4, -0.2) is 36.9 Å². The summed E-state index contributed by atoms with van der Waals surface area (Å²) in [5, 5.41) is 18.1. The second kappa shape index (κ2) is 7.33. The Morgan fingerprint density at radius 2 is 2.07 bits per heavy atom. The second-order valence-corrected chi connectivity index (χ2v) is 8.07. The summed E-state index contributed by atoms with van der Waals surface area (Å²) in [4.78, 5) is 4.43. The van der Waals surface area contributed by atoms with E-state index in [9.17, 15) is 0 Å². The molecule has 7 nitrogen and oxygen atoms in total. The van der Waals surface area contributed by atoms with Gasteiger partial charge in [-0.2, -0.15) is 19.4 Å². The monoisotopic (exact) mass is 451 g/mol. The maximum absolute atomic E-state index is 4.52. The summed E-state index contributed by atoms with van der Waals surface area (Å²) in [5.74, 6) is 1.41. The highest BCUT2D eigenvalue weighted by atomic mass is 79.9. The van der Waals surface area contributed by atoms with Gasteiger partial charge in [-0.1, -0.05) is 58.0 Å². The molecule has 0 fully saturated rings. The van der Waals surface area contributed by atoms with Gasteiger partial charge in [-0.3, -0.25) is 4.99 Å². The molecule has 0 unspecified atom stereocenters. The zero-order chi connectivity index (χ0) is 18.9. The number of aromatic nitrogens is 5. The zero-order valence-electron chi connectivity index (χ0n) is 14.6. The van der Waals surface area contributed by atoms with Gasteiger partial charge >= 0.3 is 0 Å². The molecule has 1 aliphatic rings. The Morgan fingerprint density at radius 3 is 3.00 bits per heavy atom. The van der Waals surface area contributed by atoms with E-state index in [1.807, 2.05) is 42.8 Å². The van der Waals surface area contributed by atoms with E-state index in [1.54, 1.807) is 27.3 Å². The number of rotatable bonds is 5. The molecule has 0 saturated heterocycles. The summed E-state index contributed by atoms with van der Waals surface area (Å²) in [6.07, 6.45) is 5.38. The third-order valence-electron chi connectivity index (χ3n) is 4.36. The van der Waals surface area contributed by atoms with E-state index >= 15 is 0 Å². The minimum Gasteiger partial charge on any atom is -0.260 e. The van der Waals surface area contributed by atoms with Crippen LogP contribution >= 0.6 is 27.7 Å². The fourth-order valence-electron chi connectivity index (χ4n) is 2.99. The van der Waals surface area contributed by atoms with Crippen molar-refractivity contribution in [3.63, 3.8) is 0 Å². The summed E-state index contributed by atoms with van der Waals surface area (Å²) < 4.78 is 4.40. The Hall–Kier alpha value is -2.78. The number of aliphatic imine (C=N–C) groups is 1. The molecule has 0 saturated carbocycles. The van der Waals surface area contributed by atoms with Gasteiger partial charge in [0.05, 0.1) is 11.6 Å². The normalized spacial score (nSPS) is 15.7. The van der Waals surface area contributed by atoms with Crippen molar-refractivity contribution >= 4 is 51.6 Å². The van der Waals surface area contributed by atoms with E-state index < -0.39 is 0 Å². The van der Waals surface area contributed by atoms with Crippen LogP contribution in [0.25, 0.3) is 5.78 Å². The number of nitrogens with zero attached hydrogens (tertiary/aromatic N) is 7. The molecule has 3 heterocycles. The van der Waals surface area contributed by atoms with Gasteiger partial charge in [0.2, 0.25) is 5.16 Å². The Morgan fingerprint density at radius 1 is 1.14 bits per heavy atom. The first-order valence-corrected chi connectivity index (χ1v) is 10.4. The van der Waals surface area contributed by atoms with Gasteiger partial charge in [0.1, 0.15) is 6.33 Å². The van der Waals surface area contributed by atoms with Gasteiger partial charge in [-0.05, 0) is 29.3 Å². The predicted molar refractivity (Wildman–Crippen MR) is 114 cm³/mol. The van der Waals surface area contributed by atoms with Crippen LogP contribution in [0.1, 0.15) is 17.0 Å². The standard InChI is InChI=1S/C19H14BrN7S/c20-15-5-3-4-13(8-15)11-28-19-25-24-18-26(12-23-27(18)19)22-10-14-9-21-17-7-2-1-6-16(14)17/h1-10,12,14H,11H2/b22-10-/t14-/m1/s1. The van der Waals surface area contributed by atoms with Crippen molar-refractivity contribution in [2.45, 2.75) is 16.8 Å². The molecule has 5 rings (SSSR count). The van der Waals surface area contributed by atoms with E-state index in [-0.39, 0.29) is 5.92 Å². The highest BCUT2D eigenvalue weighted by molar-refractivity contribution is 9.10. The summed E-state index contributed by atoms with van der Waals surface area (Å²) >= 11 is 5.08. The molecular weight excluding hydrogens is 438 g/mol. The number of hydrogen-bond donors (Lipinski definition) is 0. The Labute approximate surface area is 173 Å². The molecule has 1 aliphatic heterocycles.